The van der Waals surface area contributed by atoms with Gasteiger partial charge in [0.25, 0.3) is 0 Å². The zero-order valence-corrected chi connectivity index (χ0v) is 17.0. The number of amides is 1. The third-order valence-electron chi connectivity index (χ3n) is 5.21. The summed E-state index contributed by atoms with van der Waals surface area (Å²) in [5.41, 5.74) is 1.64. The van der Waals surface area contributed by atoms with Gasteiger partial charge >= 0.3 is 0 Å². The zero-order valence-electron chi connectivity index (χ0n) is 16.2. The van der Waals surface area contributed by atoms with Crippen LogP contribution in [0.15, 0.2) is 33.7 Å². The monoisotopic (exact) mass is 409 g/mol. The molecule has 1 aliphatic rings. The van der Waals surface area contributed by atoms with E-state index in [1.807, 2.05) is 6.92 Å². The van der Waals surface area contributed by atoms with Crippen molar-refractivity contribution in [2.45, 2.75) is 38.1 Å². The van der Waals surface area contributed by atoms with Crippen molar-refractivity contribution in [1.29, 1.82) is 0 Å². The molecule has 3 rings (SSSR count). The third-order valence-corrected chi connectivity index (χ3v) is 7.14. The van der Waals surface area contributed by atoms with Crippen LogP contribution in [0.4, 0.5) is 4.39 Å². The summed E-state index contributed by atoms with van der Waals surface area (Å²) in [6, 6.07) is 5.34. The Hall–Kier alpha value is -2.26. The van der Waals surface area contributed by atoms with Crippen molar-refractivity contribution >= 4 is 15.9 Å². The normalized spacial score (nSPS) is 16.3. The topological polar surface area (TPSA) is 83.7 Å². The summed E-state index contributed by atoms with van der Waals surface area (Å²) in [6.07, 6.45) is 0.802. The molecule has 1 aromatic carbocycles. The highest BCUT2D eigenvalue weighted by atomic mass is 32.2. The average Bonchev–Trinajstić information content (AvgIpc) is 2.99. The van der Waals surface area contributed by atoms with Gasteiger partial charge in [0.1, 0.15) is 16.5 Å². The molecule has 0 unspecified atom stereocenters. The Morgan fingerprint density at radius 3 is 2.50 bits per heavy atom. The summed E-state index contributed by atoms with van der Waals surface area (Å²) < 4.78 is 45.7. The quantitative estimate of drug-likeness (QED) is 0.758. The largest absolute Gasteiger partial charge is 0.361 e. The molecule has 1 aromatic heterocycles. The van der Waals surface area contributed by atoms with Crippen LogP contribution >= 0.6 is 0 Å². The number of carbonyl (C=O) groups excluding carboxylic acids is 1. The van der Waals surface area contributed by atoms with Crippen LogP contribution in [-0.4, -0.2) is 48.8 Å². The van der Waals surface area contributed by atoms with E-state index in [2.05, 4.69) is 5.16 Å². The van der Waals surface area contributed by atoms with Gasteiger partial charge in [-0.2, -0.15) is 4.31 Å². The maximum absolute atomic E-state index is 13.9. The number of carbonyl (C=O) groups is 1. The van der Waals surface area contributed by atoms with Gasteiger partial charge in [0.05, 0.1) is 12.2 Å². The van der Waals surface area contributed by atoms with Crippen LogP contribution in [0.1, 0.15) is 29.9 Å². The molecule has 7 nitrogen and oxygen atoms in total. The molecular weight excluding hydrogens is 385 g/mol. The number of nitrogens with zero attached hydrogens (tertiary/aromatic N) is 3. The van der Waals surface area contributed by atoms with Crippen LogP contribution < -0.4 is 0 Å². The Labute approximate surface area is 164 Å². The number of hydrogen-bond donors (Lipinski definition) is 0. The lowest BCUT2D eigenvalue weighted by molar-refractivity contribution is -0.135. The molecule has 2 aromatic rings. The highest BCUT2D eigenvalue weighted by molar-refractivity contribution is 7.89. The molecule has 1 amide bonds. The first kappa shape index (κ1) is 20.5. The van der Waals surface area contributed by atoms with Crippen molar-refractivity contribution < 1.29 is 22.1 Å². The zero-order chi connectivity index (χ0) is 20.5. The van der Waals surface area contributed by atoms with E-state index in [1.165, 1.54) is 22.5 Å². The van der Waals surface area contributed by atoms with E-state index in [9.17, 15) is 17.6 Å². The summed E-state index contributed by atoms with van der Waals surface area (Å²) in [6.45, 7) is 4.40. The molecule has 0 saturated carbocycles. The smallest absolute Gasteiger partial charge is 0.245 e. The second kappa shape index (κ2) is 8.00. The molecule has 1 aliphatic heterocycles. The number of hydrogen-bond acceptors (Lipinski definition) is 5. The standard InChI is InChI=1S/C19H24FN3O4S/c1-13-16(14(2)27-21-13)12-22(3)19(24)15-8-10-23(11-9-15)28(25,26)18-7-5-4-6-17(18)20/h4-7,15H,8-12H2,1-3H3. The molecule has 1 fully saturated rings. The Morgan fingerprint density at radius 1 is 1.29 bits per heavy atom. The molecule has 0 aliphatic carbocycles. The predicted molar refractivity (Wildman–Crippen MR) is 100 cm³/mol. The van der Waals surface area contributed by atoms with Crippen molar-refractivity contribution in [3.63, 3.8) is 0 Å². The second-order valence-corrected chi connectivity index (χ2v) is 9.01. The second-order valence-electron chi connectivity index (χ2n) is 7.11. The number of piperidine rings is 1. The SMILES string of the molecule is Cc1noc(C)c1CN(C)C(=O)C1CCN(S(=O)(=O)c2ccccc2F)CC1. The molecule has 152 valence electrons. The van der Waals surface area contributed by atoms with E-state index in [-0.39, 0.29) is 29.8 Å². The molecule has 0 spiro atoms. The molecule has 0 N–H and O–H groups in total. The number of aryl methyl sites for hydroxylation is 2. The third kappa shape index (κ3) is 3.95. The van der Waals surface area contributed by atoms with E-state index in [0.29, 0.717) is 25.1 Å². The van der Waals surface area contributed by atoms with Gasteiger partial charge in [-0.05, 0) is 38.8 Å². The maximum Gasteiger partial charge on any atom is 0.245 e. The number of aromatic nitrogens is 1. The average molecular weight is 409 g/mol. The van der Waals surface area contributed by atoms with E-state index in [4.69, 9.17) is 4.52 Å². The van der Waals surface area contributed by atoms with E-state index in [1.54, 1.807) is 18.9 Å². The molecule has 0 atom stereocenters. The minimum Gasteiger partial charge on any atom is -0.361 e. The van der Waals surface area contributed by atoms with Crippen LogP contribution in [0.2, 0.25) is 0 Å². The van der Waals surface area contributed by atoms with E-state index < -0.39 is 15.8 Å². The fourth-order valence-electron chi connectivity index (χ4n) is 3.49. The van der Waals surface area contributed by atoms with Gasteiger partial charge < -0.3 is 9.42 Å². The molecule has 2 heterocycles. The van der Waals surface area contributed by atoms with Gasteiger partial charge in [0.15, 0.2) is 0 Å². The summed E-state index contributed by atoms with van der Waals surface area (Å²) in [5.74, 6) is -0.386. The van der Waals surface area contributed by atoms with Gasteiger partial charge in [-0.3, -0.25) is 4.79 Å². The minimum absolute atomic E-state index is 0.0389. The van der Waals surface area contributed by atoms with Gasteiger partial charge in [0.2, 0.25) is 15.9 Å². The first-order valence-corrected chi connectivity index (χ1v) is 10.6. The predicted octanol–water partition coefficient (Wildman–Crippen LogP) is 2.49. The molecule has 28 heavy (non-hydrogen) atoms. The molecule has 9 heteroatoms. The molecule has 0 bridgehead atoms. The van der Waals surface area contributed by atoms with E-state index >= 15 is 0 Å². The summed E-state index contributed by atoms with van der Waals surface area (Å²) in [7, 11) is -2.18. The van der Waals surface area contributed by atoms with Crippen molar-refractivity contribution in [2.75, 3.05) is 20.1 Å². The van der Waals surface area contributed by atoms with Crippen LogP contribution in [0.25, 0.3) is 0 Å². The van der Waals surface area contributed by atoms with Crippen molar-refractivity contribution in [3.8, 4) is 0 Å². The Balaban J connectivity index is 1.63. The number of benzene rings is 1. The molecule has 0 radical (unpaired) electrons. The van der Waals surface area contributed by atoms with Crippen molar-refractivity contribution in [2.24, 2.45) is 5.92 Å². The lowest BCUT2D eigenvalue weighted by Crippen LogP contribution is -2.43. The lowest BCUT2D eigenvalue weighted by atomic mass is 9.96. The van der Waals surface area contributed by atoms with Gasteiger partial charge in [-0.25, -0.2) is 12.8 Å². The van der Waals surface area contributed by atoms with Crippen LogP contribution in [0.3, 0.4) is 0 Å². The molecular formula is C19H24FN3O4S. The lowest BCUT2D eigenvalue weighted by Gasteiger charge is -2.32. The van der Waals surface area contributed by atoms with Gasteiger partial charge in [-0.1, -0.05) is 17.3 Å². The van der Waals surface area contributed by atoms with Gasteiger partial charge in [-0.15, -0.1) is 0 Å². The Kier molecular flexibility index (Phi) is 5.85. The number of rotatable bonds is 5. The summed E-state index contributed by atoms with van der Waals surface area (Å²) >= 11 is 0. The highest BCUT2D eigenvalue weighted by Crippen LogP contribution is 2.27. The first-order chi connectivity index (χ1) is 13.2. The van der Waals surface area contributed by atoms with Crippen molar-refractivity contribution in [3.05, 3.63) is 47.1 Å². The fourth-order valence-corrected chi connectivity index (χ4v) is 5.03. The Morgan fingerprint density at radius 2 is 1.93 bits per heavy atom. The number of halogens is 1. The van der Waals surface area contributed by atoms with Crippen molar-refractivity contribution in [1.82, 2.24) is 14.4 Å². The Bertz CT molecular complexity index is 946. The molecule has 1 saturated heterocycles. The van der Waals surface area contributed by atoms with Crippen LogP contribution in [0, 0.1) is 25.6 Å². The van der Waals surface area contributed by atoms with Crippen LogP contribution in [0.5, 0.6) is 0 Å². The first-order valence-electron chi connectivity index (χ1n) is 9.13. The fraction of sp³-hybridized carbons (Fsp3) is 0.474. The number of sulfonamides is 1. The summed E-state index contributed by atoms with van der Waals surface area (Å²) in [5, 5.41) is 3.90. The minimum atomic E-state index is -3.90. The van der Waals surface area contributed by atoms with Gasteiger partial charge in [0, 0.05) is 31.6 Å². The maximum atomic E-state index is 13.9. The van der Waals surface area contributed by atoms with Crippen LogP contribution in [-0.2, 0) is 21.4 Å². The van der Waals surface area contributed by atoms with E-state index in [0.717, 1.165) is 17.3 Å². The summed E-state index contributed by atoms with van der Waals surface area (Å²) in [4.78, 5) is 14.1. The highest BCUT2D eigenvalue weighted by Gasteiger charge is 2.34.